The molecule has 1 amide bonds. The van der Waals surface area contributed by atoms with Crippen LogP contribution >= 0.6 is 11.6 Å². The lowest BCUT2D eigenvalue weighted by molar-refractivity contribution is -0.120. The van der Waals surface area contributed by atoms with E-state index in [1.54, 1.807) is 12.3 Å². The van der Waals surface area contributed by atoms with E-state index in [4.69, 9.17) is 16.3 Å². The number of halogens is 3. The quantitative estimate of drug-likeness (QED) is 0.373. The number of ether oxygens (including phenoxy) is 1. The van der Waals surface area contributed by atoms with Gasteiger partial charge in [0.2, 0.25) is 11.8 Å². The number of methoxy groups -OCH3 is 1. The highest BCUT2D eigenvalue weighted by atomic mass is 35.5. The molecule has 2 aliphatic rings. The van der Waals surface area contributed by atoms with Crippen molar-refractivity contribution in [3.05, 3.63) is 70.0 Å². The Morgan fingerprint density at radius 2 is 1.92 bits per heavy atom. The van der Waals surface area contributed by atoms with Crippen LogP contribution in [0.15, 0.2) is 48.3 Å². The number of aryl methyl sites for hydroxylation is 1. The molecule has 1 aromatic heterocycles. The molecule has 0 radical (unpaired) electrons. The summed E-state index contributed by atoms with van der Waals surface area (Å²) in [5, 5.41) is 0.621. The Morgan fingerprint density at radius 1 is 1.22 bits per heavy atom. The Bertz CT molecular complexity index is 1230. The van der Waals surface area contributed by atoms with Gasteiger partial charge in [-0.3, -0.25) is 9.69 Å². The third-order valence-electron chi connectivity index (χ3n) is 7.46. The number of esters is 1. The van der Waals surface area contributed by atoms with Gasteiger partial charge in [-0.1, -0.05) is 51.4 Å². The minimum Gasteiger partial charge on any atom is -0.465 e. The molecular weight excluding hydrogens is 498 g/mol. The van der Waals surface area contributed by atoms with Crippen LogP contribution in [0.1, 0.15) is 74.9 Å². The van der Waals surface area contributed by atoms with Crippen LogP contribution in [0.4, 0.5) is 14.6 Å². The summed E-state index contributed by atoms with van der Waals surface area (Å²) in [5.41, 5.74) is 2.26. The van der Waals surface area contributed by atoms with Crippen molar-refractivity contribution in [2.75, 3.05) is 12.0 Å². The molecule has 0 spiro atoms. The molecule has 1 aromatic carbocycles. The third kappa shape index (κ3) is 5.71. The van der Waals surface area contributed by atoms with Crippen LogP contribution in [-0.2, 0) is 21.4 Å². The molecule has 4 rings (SSSR count). The summed E-state index contributed by atoms with van der Waals surface area (Å²) in [6.07, 6.45) is 4.36. The highest BCUT2D eigenvalue weighted by molar-refractivity contribution is 6.31. The van der Waals surface area contributed by atoms with E-state index in [0.717, 1.165) is 29.5 Å². The molecule has 37 heavy (non-hydrogen) atoms. The first kappa shape index (κ1) is 27.2. The number of hydrogen-bond acceptors (Lipinski definition) is 4. The molecular formula is C29H33ClF2N2O3. The Morgan fingerprint density at radius 3 is 2.46 bits per heavy atom. The van der Waals surface area contributed by atoms with Crippen molar-refractivity contribution in [3.8, 4) is 0 Å². The SMILES string of the molecule is COC(=O)c1ccc(N2C=C(C3CC(F)(F)C3)[C@](C)(c3ccc(CCC(C)(C)C)c(Cl)c3)CC2=O)nc1. The van der Waals surface area contributed by atoms with E-state index in [1.807, 2.05) is 25.1 Å². The maximum absolute atomic E-state index is 14.0. The Hall–Kier alpha value is -2.80. The smallest absolute Gasteiger partial charge is 0.339 e. The molecule has 2 aromatic rings. The Labute approximate surface area is 221 Å². The van der Waals surface area contributed by atoms with Crippen molar-refractivity contribution in [1.82, 2.24) is 4.98 Å². The summed E-state index contributed by atoms with van der Waals surface area (Å²) in [4.78, 5) is 30.8. The standard InChI is InChI=1S/C29H33ClF2N2O3/c1-27(2,3)11-10-18-6-8-21(12-23(18)30)28(4)15-25(35)34(17-22(28)20-13-29(31,32)14-20)24-9-7-19(16-33-24)26(36)37-5/h6-9,12,16-17,20H,10-11,13-15H2,1-5H3/t28-/m0/s1. The van der Waals surface area contributed by atoms with E-state index in [-0.39, 0.29) is 42.1 Å². The molecule has 1 saturated carbocycles. The molecule has 0 saturated heterocycles. The van der Waals surface area contributed by atoms with Gasteiger partial charge in [-0.05, 0) is 59.1 Å². The van der Waals surface area contributed by atoms with Crippen LogP contribution in [0.5, 0.6) is 0 Å². The van der Waals surface area contributed by atoms with Crippen molar-refractivity contribution in [3.63, 3.8) is 0 Å². The number of hydrogen-bond donors (Lipinski definition) is 0. The van der Waals surface area contributed by atoms with E-state index < -0.39 is 17.3 Å². The van der Waals surface area contributed by atoms with Crippen LogP contribution in [0, 0.1) is 11.3 Å². The predicted octanol–water partition coefficient (Wildman–Crippen LogP) is 7.12. The lowest BCUT2D eigenvalue weighted by atomic mass is 9.62. The molecule has 5 nitrogen and oxygen atoms in total. The molecule has 1 aliphatic carbocycles. The van der Waals surface area contributed by atoms with Gasteiger partial charge < -0.3 is 4.74 Å². The van der Waals surface area contributed by atoms with E-state index >= 15 is 0 Å². The van der Waals surface area contributed by atoms with Crippen LogP contribution in [0.2, 0.25) is 5.02 Å². The number of nitrogens with zero attached hydrogens (tertiary/aromatic N) is 2. The number of anilines is 1. The first-order valence-electron chi connectivity index (χ1n) is 12.5. The van der Waals surface area contributed by atoms with Gasteiger partial charge in [-0.25, -0.2) is 18.6 Å². The minimum atomic E-state index is -2.71. The topological polar surface area (TPSA) is 59.5 Å². The van der Waals surface area contributed by atoms with Gasteiger partial charge in [-0.2, -0.15) is 0 Å². The van der Waals surface area contributed by atoms with Crippen LogP contribution in [0.3, 0.4) is 0 Å². The van der Waals surface area contributed by atoms with Gasteiger partial charge in [0.1, 0.15) is 5.82 Å². The average molecular weight is 531 g/mol. The normalized spacial score (nSPS) is 21.9. The summed E-state index contributed by atoms with van der Waals surface area (Å²) in [5.74, 6) is -3.52. The molecule has 198 valence electrons. The highest BCUT2D eigenvalue weighted by Gasteiger charge is 2.52. The second-order valence-electron chi connectivity index (χ2n) is 11.6. The number of aromatic nitrogens is 1. The maximum atomic E-state index is 14.0. The number of rotatable bonds is 6. The zero-order chi connectivity index (χ0) is 27.2. The molecule has 0 N–H and O–H groups in total. The van der Waals surface area contributed by atoms with E-state index in [2.05, 4.69) is 25.8 Å². The van der Waals surface area contributed by atoms with Crippen molar-refractivity contribution in [1.29, 1.82) is 0 Å². The number of amides is 1. The zero-order valence-corrected chi connectivity index (χ0v) is 22.7. The van der Waals surface area contributed by atoms with Crippen molar-refractivity contribution in [2.45, 2.75) is 71.1 Å². The Balaban J connectivity index is 1.70. The van der Waals surface area contributed by atoms with E-state index in [0.29, 0.717) is 10.8 Å². The monoisotopic (exact) mass is 530 g/mol. The summed E-state index contributed by atoms with van der Waals surface area (Å²) < 4.78 is 32.6. The lowest BCUT2D eigenvalue weighted by Crippen LogP contribution is -2.47. The predicted molar refractivity (Wildman–Crippen MR) is 140 cm³/mol. The largest absolute Gasteiger partial charge is 0.465 e. The average Bonchev–Trinajstić information content (AvgIpc) is 2.81. The second kappa shape index (κ2) is 9.82. The van der Waals surface area contributed by atoms with Gasteiger partial charge >= 0.3 is 5.97 Å². The summed E-state index contributed by atoms with van der Waals surface area (Å²) in [6.45, 7) is 8.47. The van der Waals surface area contributed by atoms with Crippen molar-refractivity contribution >= 4 is 29.3 Å². The van der Waals surface area contributed by atoms with Crippen LogP contribution in [0.25, 0.3) is 0 Å². The van der Waals surface area contributed by atoms with Gasteiger partial charge in [0.15, 0.2) is 0 Å². The molecule has 1 aliphatic heterocycles. The van der Waals surface area contributed by atoms with Gasteiger partial charge in [0.25, 0.3) is 0 Å². The fraction of sp³-hybridized carbons (Fsp3) is 0.483. The van der Waals surface area contributed by atoms with E-state index in [9.17, 15) is 18.4 Å². The molecule has 0 bridgehead atoms. The minimum absolute atomic E-state index is 0.0823. The zero-order valence-electron chi connectivity index (χ0n) is 21.9. The summed E-state index contributed by atoms with van der Waals surface area (Å²) in [7, 11) is 1.28. The number of alkyl halides is 2. The Kier molecular flexibility index (Phi) is 7.23. The number of carbonyl (C=O) groups excluding carboxylic acids is 2. The number of allylic oxidation sites excluding steroid dienone is 1. The van der Waals surface area contributed by atoms with Gasteiger partial charge in [-0.15, -0.1) is 0 Å². The van der Waals surface area contributed by atoms with E-state index in [1.165, 1.54) is 24.3 Å². The number of carbonyl (C=O) groups is 2. The third-order valence-corrected chi connectivity index (χ3v) is 7.81. The van der Waals surface area contributed by atoms with Crippen LogP contribution in [-0.4, -0.2) is 29.9 Å². The maximum Gasteiger partial charge on any atom is 0.339 e. The first-order chi connectivity index (χ1) is 17.2. The fourth-order valence-corrected chi connectivity index (χ4v) is 5.39. The van der Waals surface area contributed by atoms with Crippen molar-refractivity contribution in [2.24, 2.45) is 11.3 Å². The lowest BCUT2D eigenvalue weighted by Gasteiger charge is -2.47. The fourth-order valence-electron chi connectivity index (χ4n) is 5.11. The molecule has 2 heterocycles. The van der Waals surface area contributed by atoms with Crippen molar-refractivity contribution < 1.29 is 23.1 Å². The molecule has 8 heteroatoms. The highest BCUT2D eigenvalue weighted by Crippen LogP contribution is 2.54. The summed E-state index contributed by atoms with van der Waals surface area (Å²) >= 11 is 6.69. The molecule has 1 fully saturated rings. The number of benzene rings is 1. The van der Waals surface area contributed by atoms with Gasteiger partial charge in [0.05, 0.1) is 12.7 Å². The second-order valence-corrected chi connectivity index (χ2v) is 12.0. The summed E-state index contributed by atoms with van der Waals surface area (Å²) in [6, 6.07) is 8.93. The molecule has 0 unspecified atom stereocenters. The molecule has 1 atom stereocenters. The van der Waals surface area contributed by atoms with Crippen LogP contribution < -0.4 is 4.90 Å². The van der Waals surface area contributed by atoms with Gasteiger partial charge in [0, 0.05) is 42.1 Å². The number of pyridine rings is 1. The first-order valence-corrected chi connectivity index (χ1v) is 12.9.